The summed E-state index contributed by atoms with van der Waals surface area (Å²) in [5, 5.41) is 9.73. The van der Waals surface area contributed by atoms with Crippen LogP contribution in [0, 0.1) is 5.41 Å². The minimum absolute atomic E-state index is 0.186. The van der Waals surface area contributed by atoms with Crippen LogP contribution in [0.2, 0.25) is 0 Å². The molecule has 1 aliphatic heterocycles. The molecule has 1 N–H and O–H groups in total. The van der Waals surface area contributed by atoms with Crippen molar-refractivity contribution < 1.29 is 9.90 Å². The lowest BCUT2D eigenvalue weighted by Gasteiger charge is -2.55. The Labute approximate surface area is 98.8 Å². The van der Waals surface area contributed by atoms with E-state index in [1.165, 1.54) is 0 Å². The molecule has 1 aliphatic carbocycles. The summed E-state index contributed by atoms with van der Waals surface area (Å²) >= 11 is 0. The first-order valence-corrected chi connectivity index (χ1v) is 6.41. The molecular weight excluding hydrogens is 202 g/mol. The van der Waals surface area contributed by atoms with Crippen molar-refractivity contribution in [1.29, 1.82) is 0 Å². The summed E-state index contributed by atoms with van der Waals surface area (Å²) in [6, 6.07) is 0. The Morgan fingerprint density at radius 2 is 1.62 bits per heavy atom. The highest BCUT2D eigenvalue weighted by Gasteiger charge is 2.51. The van der Waals surface area contributed by atoms with Crippen molar-refractivity contribution in [2.75, 3.05) is 13.1 Å². The molecule has 1 amide bonds. The van der Waals surface area contributed by atoms with E-state index < -0.39 is 5.60 Å². The van der Waals surface area contributed by atoms with Crippen LogP contribution < -0.4 is 0 Å². The van der Waals surface area contributed by atoms with Crippen LogP contribution in [-0.4, -0.2) is 34.6 Å². The van der Waals surface area contributed by atoms with Crippen LogP contribution in [0.25, 0.3) is 0 Å². The highest BCUT2D eigenvalue weighted by molar-refractivity contribution is 5.73. The number of rotatable bonds is 0. The normalized spacial score (nSPS) is 25.4. The van der Waals surface area contributed by atoms with Gasteiger partial charge in [-0.2, -0.15) is 0 Å². The monoisotopic (exact) mass is 227 g/mol. The highest BCUT2D eigenvalue weighted by Crippen LogP contribution is 2.54. The van der Waals surface area contributed by atoms with Gasteiger partial charge in [-0.05, 0) is 38.0 Å². The van der Waals surface area contributed by atoms with Gasteiger partial charge in [-0.25, -0.2) is 0 Å². The molecule has 0 aromatic heterocycles. The van der Waals surface area contributed by atoms with Gasteiger partial charge in [0.05, 0.1) is 5.60 Å². The number of hydrogen-bond donors (Lipinski definition) is 1. The van der Waals surface area contributed by atoms with Crippen molar-refractivity contribution in [3.05, 3.63) is 0 Å². The molecule has 3 nitrogen and oxygen atoms in total. The Hall–Kier alpha value is -0.570. The number of aliphatic hydroxyl groups is 1. The number of carbonyl (C=O) groups excluding carboxylic acids is 1. The number of likely N-dealkylation sites (tertiary alicyclic amines) is 1. The summed E-state index contributed by atoms with van der Waals surface area (Å²) in [7, 11) is 0. The topological polar surface area (TPSA) is 40.5 Å². The molecule has 1 saturated carbocycles. The van der Waals surface area contributed by atoms with E-state index in [9.17, 15) is 9.90 Å². The van der Waals surface area contributed by atoms with Gasteiger partial charge in [0.15, 0.2) is 0 Å². The number of carbonyl (C=O) groups is 1. The summed E-state index contributed by atoms with van der Waals surface area (Å²) < 4.78 is 0. The molecule has 0 unspecified atom stereocenters. The van der Waals surface area contributed by atoms with Gasteiger partial charge >= 0.3 is 0 Å². The molecule has 2 aliphatic rings. The van der Waals surface area contributed by atoms with E-state index in [0.717, 1.165) is 38.8 Å². The fourth-order valence-electron chi connectivity index (χ4n) is 3.21. The van der Waals surface area contributed by atoms with E-state index >= 15 is 0 Å². The van der Waals surface area contributed by atoms with Crippen molar-refractivity contribution in [2.24, 2.45) is 5.41 Å². The van der Waals surface area contributed by atoms with Crippen LogP contribution in [0.15, 0.2) is 0 Å². The second-order valence-corrected chi connectivity index (χ2v) is 5.36. The molecule has 1 spiro atoms. The predicted molar refractivity (Wildman–Crippen MR) is 65.1 cm³/mol. The first-order valence-electron chi connectivity index (χ1n) is 6.41. The van der Waals surface area contributed by atoms with Crippen LogP contribution in [-0.2, 0) is 4.79 Å². The van der Waals surface area contributed by atoms with Crippen LogP contribution in [0.1, 0.15) is 53.4 Å². The molecule has 94 valence electrons. The maximum atomic E-state index is 11.1. The fraction of sp³-hybridized carbons (Fsp3) is 0.923. The second-order valence-electron chi connectivity index (χ2n) is 5.36. The smallest absolute Gasteiger partial charge is 0.219 e. The SMILES string of the molecule is CC.CC(=O)N1CCC2(CC1)CC(C)(O)C2. The van der Waals surface area contributed by atoms with Gasteiger partial charge in [0.2, 0.25) is 5.91 Å². The van der Waals surface area contributed by atoms with E-state index in [2.05, 4.69) is 0 Å². The maximum Gasteiger partial charge on any atom is 0.219 e. The zero-order chi connectivity index (χ0) is 12.4. The summed E-state index contributed by atoms with van der Waals surface area (Å²) in [5.74, 6) is 0.186. The Morgan fingerprint density at radius 1 is 1.19 bits per heavy atom. The lowest BCUT2D eigenvalue weighted by molar-refractivity contribution is -0.148. The molecule has 0 aromatic rings. The number of amides is 1. The average Bonchev–Trinajstić information content (AvgIpc) is 2.18. The Bertz CT molecular complexity index is 243. The van der Waals surface area contributed by atoms with Gasteiger partial charge in [0, 0.05) is 20.0 Å². The number of nitrogens with zero attached hydrogens (tertiary/aromatic N) is 1. The van der Waals surface area contributed by atoms with Crippen LogP contribution in [0.3, 0.4) is 0 Å². The number of hydrogen-bond acceptors (Lipinski definition) is 2. The van der Waals surface area contributed by atoms with Gasteiger partial charge in [-0.1, -0.05) is 13.8 Å². The standard InChI is InChI=1S/C11H19NO2.C2H6/c1-9(13)12-5-3-11(4-6-12)7-10(2,14)8-11;1-2/h14H,3-8H2,1-2H3;1-2H3. The lowest BCUT2D eigenvalue weighted by Crippen LogP contribution is -2.55. The Kier molecular flexibility index (Phi) is 4.00. The van der Waals surface area contributed by atoms with Crippen molar-refractivity contribution in [3.8, 4) is 0 Å². The van der Waals surface area contributed by atoms with Gasteiger partial charge in [0.1, 0.15) is 0 Å². The largest absolute Gasteiger partial charge is 0.390 e. The minimum Gasteiger partial charge on any atom is -0.390 e. The number of piperidine rings is 1. The molecule has 0 radical (unpaired) electrons. The molecule has 2 fully saturated rings. The third-order valence-corrected chi connectivity index (χ3v) is 3.78. The highest BCUT2D eigenvalue weighted by atomic mass is 16.3. The summed E-state index contributed by atoms with van der Waals surface area (Å²) in [6.45, 7) is 9.31. The molecule has 16 heavy (non-hydrogen) atoms. The van der Waals surface area contributed by atoms with E-state index in [1.807, 2.05) is 25.7 Å². The van der Waals surface area contributed by atoms with Gasteiger partial charge in [0.25, 0.3) is 0 Å². The summed E-state index contributed by atoms with van der Waals surface area (Å²) in [4.78, 5) is 13.0. The summed E-state index contributed by atoms with van der Waals surface area (Å²) in [5.41, 5.74) is -0.0756. The van der Waals surface area contributed by atoms with Crippen LogP contribution in [0.4, 0.5) is 0 Å². The van der Waals surface area contributed by atoms with Crippen LogP contribution >= 0.6 is 0 Å². The van der Waals surface area contributed by atoms with Crippen molar-refractivity contribution in [2.45, 2.75) is 59.0 Å². The third kappa shape index (κ3) is 2.76. The molecule has 0 aromatic carbocycles. The van der Waals surface area contributed by atoms with E-state index in [-0.39, 0.29) is 5.91 Å². The van der Waals surface area contributed by atoms with E-state index in [1.54, 1.807) is 6.92 Å². The third-order valence-electron chi connectivity index (χ3n) is 3.78. The van der Waals surface area contributed by atoms with Gasteiger partial charge in [-0.15, -0.1) is 0 Å². The maximum absolute atomic E-state index is 11.1. The Morgan fingerprint density at radius 3 is 1.94 bits per heavy atom. The van der Waals surface area contributed by atoms with Gasteiger partial charge in [-0.3, -0.25) is 4.79 Å². The molecule has 0 atom stereocenters. The van der Waals surface area contributed by atoms with E-state index in [4.69, 9.17) is 0 Å². The molecule has 1 saturated heterocycles. The lowest BCUT2D eigenvalue weighted by atomic mass is 9.56. The first kappa shape index (κ1) is 13.5. The molecular formula is C13H25NO2. The van der Waals surface area contributed by atoms with Crippen molar-refractivity contribution >= 4 is 5.91 Å². The molecule has 3 heteroatoms. The molecule has 1 heterocycles. The second kappa shape index (κ2) is 4.74. The first-order chi connectivity index (χ1) is 7.43. The molecule has 2 rings (SSSR count). The van der Waals surface area contributed by atoms with Crippen molar-refractivity contribution in [1.82, 2.24) is 4.90 Å². The van der Waals surface area contributed by atoms with Crippen molar-refractivity contribution in [3.63, 3.8) is 0 Å². The average molecular weight is 227 g/mol. The summed E-state index contributed by atoms with van der Waals surface area (Å²) in [6.07, 6.45) is 3.99. The van der Waals surface area contributed by atoms with Crippen LogP contribution in [0.5, 0.6) is 0 Å². The van der Waals surface area contributed by atoms with E-state index in [0.29, 0.717) is 5.41 Å². The molecule has 0 bridgehead atoms. The Balaban J connectivity index is 0.000000606. The zero-order valence-electron chi connectivity index (χ0n) is 11.0. The fourth-order valence-corrected chi connectivity index (χ4v) is 3.21. The minimum atomic E-state index is -0.432. The van der Waals surface area contributed by atoms with Gasteiger partial charge < -0.3 is 10.0 Å². The zero-order valence-corrected chi connectivity index (χ0v) is 11.0. The quantitative estimate of drug-likeness (QED) is 0.689. The predicted octanol–water partition coefficient (Wildman–Crippen LogP) is 2.19.